The molecule has 1 atom stereocenters. The molecule has 1 fully saturated rings. The van der Waals surface area contributed by atoms with Crippen LogP contribution in [0, 0.1) is 0 Å². The molecule has 10 heavy (non-hydrogen) atoms. The van der Waals surface area contributed by atoms with E-state index < -0.39 is 23.4 Å². The van der Waals surface area contributed by atoms with Gasteiger partial charge in [0.1, 0.15) is 0 Å². The first kappa shape index (κ1) is 6.15. The van der Waals surface area contributed by atoms with Gasteiger partial charge in [0.25, 0.3) is 0 Å². The lowest BCUT2D eigenvalue weighted by Gasteiger charge is -2.10. The van der Waals surface area contributed by atoms with Gasteiger partial charge in [-0.05, 0) is 0 Å². The number of ether oxygens (including phenoxy) is 1. The SMILES string of the molecule is FC1=C2CC2(F)OC1(F)F. The van der Waals surface area contributed by atoms with Gasteiger partial charge in [0, 0.05) is 12.0 Å². The van der Waals surface area contributed by atoms with Gasteiger partial charge in [-0.15, -0.1) is 0 Å². The van der Waals surface area contributed by atoms with Crippen molar-refractivity contribution in [3.8, 4) is 0 Å². The van der Waals surface area contributed by atoms with E-state index in [1.807, 2.05) is 0 Å². The van der Waals surface area contributed by atoms with Gasteiger partial charge in [0.2, 0.25) is 11.7 Å². The van der Waals surface area contributed by atoms with E-state index in [0.717, 1.165) is 0 Å². The van der Waals surface area contributed by atoms with Crippen LogP contribution < -0.4 is 0 Å². The highest BCUT2D eigenvalue weighted by Crippen LogP contribution is 2.61. The molecule has 0 saturated heterocycles. The van der Waals surface area contributed by atoms with Crippen LogP contribution in [-0.4, -0.2) is 12.0 Å². The maximum absolute atomic E-state index is 12.4. The minimum absolute atomic E-state index is 0.353. The molecule has 0 amide bonds. The first-order chi connectivity index (χ1) is 4.46. The molecule has 1 aliphatic carbocycles. The van der Waals surface area contributed by atoms with Crippen LogP contribution in [0.15, 0.2) is 11.4 Å². The van der Waals surface area contributed by atoms with E-state index >= 15 is 0 Å². The van der Waals surface area contributed by atoms with Gasteiger partial charge in [-0.1, -0.05) is 0 Å². The molecule has 2 rings (SSSR count). The third-order valence-electron chi connectivity index (χ3n) is 1.54. The predicted octanol–water partition coefficient (Wildman–Crippen LogP) is 1.90. The van der Waals surface area contributed by atoms with E-state index in [1.165, 1.54) is 0 Å². The zero-order valence-corrected chi connectivity index (χ0v) is 4.63. The van der Waals surface area contributed by atoms with Crippen LogP contribution in [0.5, 0.6) is 0 Å². The summed E-state index contributed by atoms with van der Waals surface area (Å²) in [7, 11) is 0. The summed E-state index contributed by atoms with van der Waals surface area (Å²) in [6.07, 6.45) is -4.38. The highest BCUT2D eigenvalue weighted by atomic mass is 19.3. The quantitative estimate of drug-likeness (QED) is 0.484. The Hall–Kier alpha value is -0.580. The smallest absolute Gasteiger partial charge is 0.273 e. The van der Waals surface area contributed by atoms with E-state index in [4.69, 9.17) is 0 Å². The molecule has 0 spiro atoms. The summed E-state index contributed by atoms with van der Waals surface area (Å²) < 4.78 is 52.0. The zero-order chi connectivity index (χ0) is 7.57. The molecule has 0 aromatic rings. The molecule has 0 radical (unpaired) electrons. The first-order valence-electron chi connectivity index (χ1n) is 2.62. The standard InChI is InChI=1S/C5H2F4O/c6-3-2-1-4(2,7)10-5(3,8)9/h1H2. The Balaban J connectivity index is 2.42. The van der Waals surface area contributed by atoms with Crippen molar-refractivity contribution >= 4 is 0 Å². The summed E-state index contributed by atoms with van der Waals surface area (Å²) in [6, 6.07) is 0. The van der Waals surface area contributed by atoms with E-state index in [2.05, 4.69) is 4.74 Å². The molecule has 56 valence electrons. The fourth-order valence-corrected chi connectivity index (χ4v) is 0.946. The number of halogens is 4. The van der Waals surface area contributed by atoms with Crippen molar-refractivity contribution in [2.24, 2.45) is 0 Å². The van der Waals surface area contributed by atoms with Gasteiger partial charge >= 0.3 is 6.11 Å². The minimum Gasteiger partial charge on any atom is -0.273 e. The Morgan fingerprint density at radius 3 is 2.10 bits per heavy atom. The third kappa shape index (κ3) is 0.513. The van der Waals surface area contributed by atoms with Crippen molar-refractivity contribution in [1.82, 2.24) is 0 Å². The molecule has 1 heterocycles. The number of hydrogen-bond donors (Lipinski definition) is 0. The summed E-state index contributed by atoms with van der Waals surface area (Å²) in [6.45, 7) is 0. The highest BCUT2D eigenvalue weighted by molar-refractivity contribution is 5.40. The monoisotopic (exact) mass is 154 g/mol. The van der Waals surface area contributed by atoms with Gasteiger partial charge in [0.15, 0.2) is 0 Å². The molecule has 0 aromatic heterocycles. The molecular formula is C5H2F4O. The summed E-state index contributed by atoms with van der Waals surface area (Å²) in [4.78, 5) is 0. The van der Waals surface area contributed by atoms with Gasteiger partial charge in [-0.3, -0.25) is 4.74 Å². The van der Waals surface area contributed by atoms with Crippen LogP contribution in [-0.2, 0) is 4.74 Å². The first-order valence-corrected chi connectivity index (χ1v) is 2.62. The lowest BCUT2D eigenvalue weighted by atomic mass is 10.4. The Bertz CT molecular complexity index is 234. The second kappa shape index (κ2) is 1.23. The summed E-state index contributed by atoms with van der Waals surface area (Å²) >= 11 is 0. The Labute approximate surface area is 53.3 Å². The van der Waals surface area contributed by atoms with Gasteiger partial charge in [0.05, 0.1) is 0 Å². The average molecular weight is 154 g/mol. The lowest BCUT2D eigenvalue weighted by molar-refractivity contribution is -0.266. The zero-order valence-electron chi connectivity index (χ0n) is 4.63. The lowest BCUT2D eigenvalue weighted by Crippen LogP contribution is -2.22. The molecule has 1 aliphatic heterocycles. The summed E-state index contributed by atoms with van der Waals surface area (Å²) in [5, 5.41) is 0. The van der Waals surface area contributed by atoms with E-state index in [0.29, 0.717) is 0 Å². The maximum Gasteiger partial charge on any atom is 0.412 e. The molecule has 2 aliphatic rings. The average Bonchev–Trinajstić information content (AvgIpc) is 2.33. The minimum atomic E-state index is -4.03. The second-order valence-electron chi connectivity index (χ2n) is 2.32. The molecule has 5 heteroatoms. The molecular weight excluding hydrogens is 152 g/mol. The van der Waals surface area contributed by atoms with Crippen LogP contribution >= 0.6 is 0 Å². The van der Waals surface area contributed by atoms with Crippen molar-refractivity contribution in [3.05, 3.63) is 11.4 Å². The Kier molecular flexibility index (Phi) is 0.756. The maximum atomic E-state index is 12.4. The van der Waals surface area contributed by atoms with Gasteiger partial charge in [-0.2, -0.15) is 8.78 Å². The molecule has 1 unspecified atom stereocenters. The van der Waals surface area contributed by atoms with Crippen molar-refractivity contribution in [1.29, 1.82) is 0 Å². The number of hydrogen-bond acceptors (Lipinski definition) is 1. The number of rotatable bonds is 0. The third-order valence-corrected chi connectivity index (χ3v) is 1.54. The topological polar surface area (TPSA) is 9.23 Å². The van der Waals surface area contributed by atoms with Gasteiger partial charge < -0.3 is 0 Å². The van der Waals surface area contributed by atoms with Crippen LogP contribution in [0.3, 0.4) is 0 Å². The molecule has 1 saturated carbocycles. The molecule has 1 nitrogen and oxygen atoms in total. The van der Waals surface area contributed by atoms with Crippen molar-refractivity contribution < 1.29 is 22.3 Å². The number of alkyl halides is 3. The molecule has 0 N–H and O–H groups in total. The van der Waals surface area contributed by atoms with E-state index in [-0.39, 0.29) is 6.42 Å². The Morgan fingerprint density at radius 1 is 1.30 bits per heavy atom. The van der Waals surface area contributed by atoms with Crippen LogP contribution in [0.25, 0.3) is 0 Å². The van der Waals surface area contributed by atoms with Crippen molar-refractivity contribution in [3.63, 3.8) is 0 Å². The fraction of sp³-hybridized carbons (Fsp3) is 0.600. The van der Waals surface area contributed by atoms with Crippen LogP contribution in [0.1, 0.15) is 6.42 Å². The van der Waals surface area contributed by atoms with E-state index in [9.17, 15) is 17.6 Å². The summed E-state index contributed by atoms with van der Waals surface area (Å²) in [5.74, 6) is -4.23. The van der Waals surface area contributed by atoms with Crippen molar-refractivity contribution in [2.75, 3.05) is 0 Å². The Morgan fingerprint density at radius 2 is 1.90 bits per heavy atom. The normalized spacial score (nSPS) is 42.0. The highest BCUT2D eigenvalue weighted by Gasteiger charge is 2.69. The summed E-state index contributed by atoms with van der Waals surface area (Å²) in [5.41, 5.74) is -0.544. The van der Waals surface area contributed by atoms with Crippen molar-refractivity contribution in [2.45, 2.75) is 18.4 Å². The fourth-order valence-electron chi connectivity index (χ4n) is 0.946. The predicted molar refractivity (Wildman–Crippen MR) is 22.6 cm³/mol. The largest absolute Gasteiger partial charge is 0.412 e. The van der Waals surface area contributed by atoms with Crippen LogP contribution in [0.4, 0.5) is 17.6 Å². The molecule has 0 aromatic carbocycles. The second-order valence-corrected chi connectivity index (χ2v) is 2.32. The van der Waals surface area contributed by atoms with Crippen LogP contribution in [0.2, 0.25) is 0 Å². The molecule has 0 bridgehead atoms. The van der Waals surface area contributed by atoms with E-state index in [1.54, 1.807) is 0 Å². The number of fused-ring (bicyclic) bond motifs is 1. The van der Waals surface area contributed by atoms with Gasteiger partial charge in [-0.25, -0.2) is 8.78 Å².